The Kier molecular flexibility index (Phi) is 6.86. The maximum atomic E-state index is 13.4. The Morgan fingerprint density at radius 3 is 2.53 bits per heavy atom. The van der Waals surface area contributed by atoms with Crippen LogP contribution in [0.15, 0.2) is 72.8 Å². The largest absolute Gasteiger partial charge is 0.380 e. The van der Waals surface area contributed by atoms with Gasteiger partial charge in [0.15, 0.2) is 0 Å². The number of rotatable bonds is 6. The van der Waals surface area contributed by atoms with Crippen LogP contribution >= 0.6 is 11.6 Å². The summed E-state index contributed by atoms with van der Waals surface area (Å²) in [4.78, 5) is 17.9. The number of para-hydroxylation sites is 1. The van der Waals surface area contributed by atoms with Gasteiger partial charge in [-0.1, -0.05) is 66.2 Å². The van der Waals surface area contributed by atoms with E-state index in [2.05, 4.69) is 46.6 Å². The number of carbonyl (C=O) groups is 1. The van der Waals surface area contributed by atoms with Gasteiger partial charge in [-0.3, -0.25) is 4.90 Å². The molecule has 2 amide bonds. The second-order valence-electron chi connectivity index (χ2n) is 9.14. The quantitative estimate of drug-likeness (QED) is 0.469. The van der Waals surface area contributed by atoms with E-state index >= 15 is 0 Å². The highest BCUT2D eigenvalue weighted by Crippen LogP contribution is 2.41. The third-order valence-corrected chi connectivity index (χ3v) is 7.07. The van der Waals surface area contributed by atoms with Gasteiger partial charge in [-0.2, -0.15) is 0 Å². The molecular weight excluding hydrogens is 446 g/mol. The minimum absolute atomic E-state index is 0.0330. The lowest BCUT2D eigenvalue weighted by atomic mass is 9.90. The normalized spacial score (nSPS) is 19.1. The van der Waals surface area contributed by atoms with Crippen molar-refractivity contribution in [2.45, 2.75) is 38.1 Å². The molecule has 1 N–H and O–H groups in total. The van der Waals surface area contributed by atoms with E-state index in [1.807, 2.05) is 41.3 Å². The molecule has 1 unspecified atom stereocenters. The van der Waals surface area contributed by atoms with Crippen LogP contribution in [0.25, 0.3) is 0 Å². The first kappa shape index (κ1) is 22.9. The van der Waals surface area contributed by atoms with E-state index in [1.54, 1.807) is 7.11 Å². The fourth-order valence-electron chi connectivity index (χ4n) is 5.29. The van der Waals surface area contributed by atoms with Crippen LogP contribution in [0.5, 0.6) is 0 Å². The Balaban J connectivity index is 1.35. The Hall–Kier alpha value is -2.86. The summed E-state index contributed by atoms with van der Waals surface area (Å²) in [5, 5.41) is 3.81. The molecule has 0 aliphatic carbocycles. The van der Waals surface area contributed by atoms with E-state index < -0.39 is 0 Å². The number of fused-ring (bicyclic) bond motifs is 1. The van der Waals surface area contributed by atoms with Crippen LogP contribution in [0.1, 0.15) is 41.1 Å². The van der Waals surface area contributed by atoms with Crippen LogP contribution in [-0.2, 0) is 17.9 Å². The van der Waals surface area contributed by atoms with E-state index in [4.69, 9.17) is 16.3 Å². The number of nitrogens with zero attached hydrogens (tertiary/aromatic N) is 2. The molecule has 3 aromatic rings. The molecule has 34 heavy (non-hydrogen) atoms. The molecule has 5 rings (SSSR count). The molecule has 2 heterocycles. The van der Waals surface area contributed by atoms with Crippen molar-refractivity contribution in [2.75, 3.05) is 25.5 Å². The second kappa shape index (κ2) is 10.2. The Morgan fingerprint density at radius 2 is 1.74 bits per heavy atom. The molecule has 0 saturated carbocycles. The average Bonchev–Trinajstić information content (AvgIpc) is 2.84. The van der Waals surface area contributed by atoms with Gasteiger partial charge in [0.1, 0.15) is 0 Å². The van der Waals surface area contributed by atoms with Gasteiger partial charge in [0.25, 0.3) is 0 Å². The van der Waals surface area contributed by atoms with Crippen molar-refractivity contribution in [1.29, 1.82) is 0 Å². The number of methoxy groups -OCH3 is 1. The zero-order chi connectivity index (χ0) is 23.5. The SMILES string of the molecule is COCc1cccc(CN2CCC(N3C(=O)Nc4ccccc4C3c3cccc(Cl)c3)CC2)c1. The first-order valence-corrected chi connectivity index (χ1v) is 12.2. The molecule has 3 aromatic carbocycles. The maximum absolute atomic E-state index is 13.4. The van der Waals surface area contributed by atoms with E-state index in [0.29, 0.717) is 11.6 Å². The highest BCUT2D eigenvalue weighted by Gasteiger charge is 2.39. The predicted octanol–water partition coefficient (Wildman–Crippen LogP) is 6.09. The van der Waals surface area contributed by atoms with Crippen LogP contribution in [0, 0.1) is 0 Å². The Labute approximate surface area is 206 Å². The summed E-state index contributed by atoms with van der Waals surface area (Å²) in [6, 6.07) is 24.6. The number of anilines is 1. The van der Waals surface area contributed by atoms with Gasteiger partial charge in [-0.05, 0) is 47.7 Å². The minimum atomic E-state index is -0.147. The number of urea groups is 1. The van der Waals surface area contributed by atoms with Gasteiger partial charge in [-0.25, -0.2) is 4.79 Å². The zero-order valence-corrected chi connectivity index (χ0v) is 20.2. The molecule has 1 atom stereocenters. The van der Waals surface area contributed by atoms with Crippen LogP contribution < -0.4 is 5.32 Å². The van der Waals surface area contributed by atoms with Crippen molar-refractivity contribution in [2.24, 2.45) is 0 Å². The number of benzene rings is 3. The van der Waals surface area contributed by atoms with Crippen molar-refractivity contribution in [3.8, 4) is 0 Å². The van der Waals surface area contributed by atoms with E-state index in [0.717, 1.165) is 49.3 Å². The number of piperidine rings is 1. The summed E-state index contributed by atoms with van der Waals surface area (Å²) in [7, 11) is 1.73. The van der Waals surface area contributed by atoms with Gasteiger partial charge < -0.3 is 15.0 Å². The molecule has 0 bridgehead atoms. The van der Waals surface area contributed by atoms with Crippen LogP contribution in [-0.4, -0.2) is 42.1 Å². The number of hydrogen-bond donors (Lipinski definition) is 1. The lowest BCUT2D eigenvalue weighted by Crippen LogP contribution is -2.52. The number of amides is 2. The standard InChI is InChI=1S/C28H30ClN3O2/c1-34-19-21-7-4-6-20(16-21)18-31-14-12-24(13-15-31)32-27(22-8-5-9-23(29)17-22)25-10-2-3-11-26(25)30-28(32)33/h2-11,16-17,24,27H,12-15,18-19H2,1H3,(H,30,33). The van der Waals surface area contributed by atoms with Crippen LogP contribution in [0.4, 0.5) is 10.5 Å². The lowest BCUT2D eigenvalue weighted by Gasteiger charge is -2.45. The van der Waals surface area contributed by atoms with Gasteiger partial charge in [0.2, 0.25) is 0 Å². The number of nitrogens with one attached hydrogen (secondary N) is 1. The molecule has 2 aliphatic rings. The van der Waals surface area contributed by atoms with Crippen LogP contribution in [0.2, 0.25) is 5.02 Å². The van der Waals surface area contributed by atoms with Gasteiger partial charge in [-0.15, -0.1) is 0 Å². The summed E-state index contributed by atoms with van der Waals surface area (Å²) in [5.74, 6) is 0. The van der Waals surface area contributed by atoms with Crippen molar-refractivity contribution in [3.05, 3.63) is 100 Å². The Bertz CT molecular complexity index is 1160. The summed E-state index contributed by atoms with van der Waals surface area (Å²) < 4.78 is 5.28. The highest BCUT2D eigenvalue weighted by molar-refractivity contribution is 6.30. The summed E-state index contributed by atoms with van der Waals surface area (Å²) in [6.45, 7) is 3.45. The number of carbonyl (C=O) groups excluding carboxylic acids is 1. The molecule has 5 nitrogen and oxygen atoms in total. The molecule has 0 spiro atoms. The highest BCUT2D eigenvalue weighted by atomic mass is 35.5. The third-order valence-electron chi connectivity index (χ3n) is 6.83. The number of likely N-dealkylation sites (tertiary alicyclic amines) is 1. The number of halogens is 1. The van der Waals surface area contributed by atoms with Crippen molar-refractivity contribution < 1.29 is 9.53 Å². The monoisotopic (exact) mass is 475 g/mol. The predicted molar refractivity (Wildman–Crippen MR) is 136 cm³/mol. The van der Waals surface area contributed by atoms with Crippen molar-refractivity contribution >= 4 is 23.3 Å². The van der Waals surface area contributed by atoms with E-state index in [1.165, 1.54) is 11.1 Å². The molecule has 0 radical (unpaired) electrons. The number of hydrogen-bond acceptors (Lipinski definition) is 3. The smallest absolute Gasteiger partial charge is 0.322 e. The van der Waals surface area contributed by atoms with Gasteiger partial charge in [0, 0.05) is 49.1 Å². The molecule has 176 valence electrons. The first-order valence-electron chi connectivity index (χ1n) is 11.8. The second-order valence-corrected chi connectivity index (χ2v) is 9.58. The molecular formula is C28H30ClN3O2. The average molecular weight is 476 g/mol. The molecule has 2 aliphatic heterocycles. The van der Waals surface area contributed by atoms with Crippen molar-refractivity contribution in [3.63, 3.8) is 0 Å². The van der Waals surface area contributed by atoms with E-state index in [-0.39, 0.29) is 18.1 Å². The summed E-state index contributed by atoms with van der Waals surface area (Å²) in [5.41, 5.74) is 5.54. The summed E-state index contributed by atoms with van der Waals surface area (Å²) >= 11 is 6.35. The first-order chi connectivity index (χ1) is 16.6. The molecule has 6 heteroatoms. The molecule has 1 fully saturated rings. The fourth-order valence-corrected chi connectivity index (χ4v) is 5.49. The third kappa shape index (κ3) is 4.83. The van der Waals surface area contributed by atoms with Crippen LogP contribution in [0.3, 0.4) is 0 Å². The topological polar surface area (TPSA) is 44.8 Å². The van der Waals surface area contributed by atoms with Gasteiger partial charge in [0.05, 0.1) is 12.6 Å². The fraction of sp³-hybridized carbons (Fsp3) is 0.321. The maximum Gasteiger partial charge on any atom is 0.322 e. The van der Waals surface area contributed by atoms with Crippen molar-refractivity contribution in [1.82, 2.24) is 9.80 Å². The Morgan fingerprint density at radius 1 is 0.971 bits per heavy atom. The number of ether oxygens (including phenoxy) is 1. The molecule has 0 aromatic heterocycles. The molecule has 1 saturated heterocycles. The summed E-state index contributed by atoms with van der Waals surface area (Å²) in [6.07, 6.45) is 1.87. The lowest BCUT2D eigenvalue weighted by molar-refractivity contribution is 0.106. The van der Waals surface area contributed by atoms with E-state index in [9.17, 15) is 4.79 Å². The van der Waals surface area contributed by atoms with Gasteiger partial charge >= 0.3 is 6.03 Å². The zero-order valence-electron chi connectivity index (χ0n) is 19.4. The minimum Gasteiger partial charge on any atom is -0.380 e.